The van der Waals surface area contributed by atoms with Gasteiger partial charge < -0.3 is 10.0 Å². The van der Waals surface area contributed by atoms with Crippen LogP contribution in [0.15, 0.2) is 0 Å². The first-order valence-corrected chi connectivity index (χ1v) is 4.57. The van der Waals surface area contributed by atoms with Crippen LogP contribution in [-0.4, -0.2) is 35.7 Å². The molecule has 1 aliphatic rings. The lowest BCUT2D eigenvalue weighted by molar-refractivity contribution is 0.168. The summed E-state index contributed by atoms with van der Waals surface area (Å²) in [6, 6.07) is 0. The maximum Gasteiger partial charge on any atom is 0.0448 e. The van der Waals surface area contributed by atoms with Crippen molar-refractivity contribution in [2.45, 2.75) is 38.1 Å². The molecule has 0 saturated heterocycles. The molecule has 0 aromatic heterocycles. The van der Waals surface area contributed by atoms with Crippen LogP contribution in [0.2, 0.25) is 0 Å². The lowest BCUT2D eigenvalue weighted by atomic mass is 10.1. The van der Waals surface area contributed by atoms with Crippen LogP contribution in [0.1, 0.15) is 32.6 Å². The lowest BCUT2D eigenvalue weighted by Gasteiger charge is -2.26. The molecule has 1 aliphatic carbocycles. The summed E-state index contributed by atoms with van der Waals surface area (Å²) in [5.41, 5.74) is 0.394. The van der Waals surface area contributed by atoms with E-state index in [1.54, 1.807) is 0 Å². The summed E-state index contributed by atoms with van der Waals surface area (Å²) in [5.74, 6) is 0. The van der Waals surface area contributed by atoms with Crippen LogP contribution in [0.4, 0.5) is 0 Å². The molecule has 0 aromatic rings. The molecule has 0 aliphatic heterocycles. The Morgan fingerprint density at radius 3 is 2.45 bits per heavy atom. The minimum Gasteiger partial charge on any atom is -0.396 e. The molecule has 11 heavy (non-hydrogen) atoms. The largest absolute Gasteiger partial charge is 0.396 e. The van der Waals surface area contributed by atoms with E-state index in [2.05, 4.69) is 18.9 Å². The van der Waals surface area contributed by atoms with Crippen LogP contribution in [-0.2, 0) is 0 Å². The molecule has 0 aromatic carbocycles. The third-order valence-corrected chi connectivity index (χ3v) is 2.77. The van der Waals surface area contributed by atoms with Gasteiger partial charge in [-0.05, 0) is 39.3 Å². The summed E-state index contributed by atoms with van der Waals surface area (Å²) in [6.45, 7) is 3.71. The highest BCUT2D eigenvalue weighted by molar-refractivity contribution is 5.02. The summed E-state index contributed by atoms with van der Waals surface area (Å²) in [7, 11) is 2.17. The second-order valence-electron chi connectivity index (χ2n) is 3.62. The van der Waals surface area contributed by atoms with Gasteiger partial charge in [-0.2, -0.15) is 0 Å². The van der Waals surface area contributed by atoms with Gasteiger partial charge in [0.25, 0.3) is 0 Å². The summed E-state index contributed by atoms with van der Waals surface area (Å²) in [6.07, 6.45) is 4.74. The van der Waals surface area contributed by atoms with Crippen LogP contribution in [0, 0.1) is 0 Å². The van der Waals surface area contributed by atoms with E-state index in [9.17, 15) is 0 Å². The molecular formula is C9H19NO. The van der Waals surface area contributed by atoms with Crippen molar-refractivity contribution in [1.82, 2.24) is 4.90 Å². The zero-order valence-corrected chi connectivity index (χ0v) is 7.64. The molecule has 1 rings (SSSR count). The monoisotopic (exact) mass is 157 g/mol. The Kier molecular flexibility index (Phi) is 2.90. The van der Waals surface area contributed by atoms with Crippen molar-refractivity contribution < 1.29 is 5.11 Å². The molecule has 1 N–H and O–H groups in total. The fourth-order valence-electron chi connectivity index (χ4n) is 1.75. The number of nitrogens with zero attached hydrogens (tertiary/aromatic N) is 1. The molecule has 0 heterocycles. The SMILES string of the molecule is CCCN(C)C1(CCO)CC1. The Hall–Kier alpha value is -0.0800. The first-order valence-electron chi connectivity index (χ1n) is 4.57. The number of aliphatic hydroxyl groups is 1. The topological polar surface area (TPSA) is 23.5 Å². The highest BCUT2D eigenvalue weighted by Crippen LogP contribution is 2.43. The van der Waals surface area contributed by atoms with Gasteiger partial charge >= 0.3 is 0 Å². The van der Waals surface area contributed by atoms with E-state index < -0.39 is 0 Å². The van der Waals surface area contributed by atoms with E-state index >= 15 is 0 Å². The van der Waals surface area contributed by atoms with Gasteiger partial charge in [0.05, 0.1) is 0 Å². The predicted molar refractivity (Wildman–Crippen MR) is 46.6 cm³/mol. The first kappa shape index (κ1) is 9.01. The van der Waals surface area contributed by atoms with E-state index in [0.29, 0.717) is 12.1 Å². The van der Waals surface area contributed by atoms with Crippen LogP contribution >= 0.6 is 0 Å². The van der Waals surface area contributed by atoms with Gasteiger partial charge in [-0.3, -0.25) is 0 Å². The van der Waals surface area contributed by atoms with Gasteiger partial charge in [0.15, 0.2) is 0 Å². The van der Waals surface area contributed by atoms with Crippen LogP contribution in [0.5, 0.6) is 0 Å². The maximum absolute atomic E-state index is 8.83. The predicted octanol–water partition coefficient (Wildman–Crippen LogP) is 1.24. The number of aliphatic hydroxyl groups excluding tert-OH is 1. The minimum absolute atomic E-state index is 0.341. The molecule has 0 radical (unpaired) electrons. The maximum atomic E-state index is 8.83. The molecule has 0 bridgehead atoms. The molecule has 0 spiro atoms. The summed E-state index contributed by atoms with van der Waals surface area (Å²) in [5, 5.41) is 8.83. The molecule has 1 saturated carbocycles. The fourth-order valence-corrected chi connectivity index (χ4v) is 1.75. The van der Waals surface area contributed by atoms with Crippen LogP contribution < -0.4 is 0 Å². The average Bonchev–Trinajstić information content (AvgIpc) is 2.71. The van der Waals surface area contributed by atoms with Crippen molar-refractivity contribution >= 4 is 0 Å². The molecule has 0 amide bonds. The quantitative estimate of drug-likeness (QED) is 0.649. The van der Waals surface area contributed by atoms with E-state index in [0.717, 1.165) is 6.42 Å². The molecular weight excluding hydrogens is 138 g/mol. The van der Waals surface area contributed by atoms with Gasteiger partial charge in [0.1, 0.15) is 0 Å². The molecule has 1 fully saturated rings. The van der Waals surface area contributed by atoms with Crippen LogP contribution in [0.25, 0.3) is 0 Å². The van der Waals surface area contributed by atoms with Crippen molar-refractivity contribution in [3.05, 3.63) is 0 Å². The number of hydrogen-bond acceptors (Lipinski definition) is 2. The van der Waals surface area contributed by atoms with E-state index in [1.165, 1.54) is 25.8 Å². The Balaban J connectivity index is 2.31. The molecule has 66 valence electrons. The second-order valence-corrected chi connectivity index (χ2v) is 3.62. The third-order valence-electron chi connectivity index (χ3n) is 2.77. The Morgan fingerprint density at radius 2 is 2.09 bits per heavy atom. The van der Waals surface area contributed by atoms with Crippen molar-refractivity contribution in [3.8, 4) is 0 Å². The number of hydrogen-bond donors (Lipinski definition) is 1. The molecule has 2 heteroatoms. The van der Waals surface area contributed by atoms with Gasteiger partial charge in [-0.1, -0.05) is 6.92 Å². The smallest absolute Gasteiger partial charge is 0.0448 e. The zero-order chi connectivity index (χ0) is 8.32. The van der Waals surface area contributed by atoms with Gasteiger partial charge in [-0.25, -0.2) is 0 Å². The summed E-state index contributed by atoms with van der Waals surface area (Å²) >= 11 is 0. The lowest BCUT2D eigenvalue weighted by Crippen LogP contribution is -2.35. The Labute approximate surface area is 69.2 Å². The Bertz CT molecular complexity index is 121. The normalized spacial score (nSPS) is 20.7. The van der Waals surface area contributed by atoms with Crippen molar-refractivity contribution in [2.24, 2.45) is 0 Å². The second kappa shape index (κ2) is 3.55. The average molecular weight is 157 g/mol. The van der Waals surface area contributed by atoms with Crippen LogP contribution in [0.3, 0.4) is 0 Å². The third kappa shape index (κ3) is 1.94. The van der Waals surface area contributed by atoms with Crippen molar-refractivity contribution in [2.75, 3.05) is 20.2 Å². The van der Waals surface area contributed by atoms with E-state index in [1.807, 2.05) is 0 Å². The zero-order valence-electron chi connectivity index (χ0n) is 7.64. The van der Waals surface area contributed by atoms with Gasteiger partial charge in [-0.15, -0.1) is 0 Å². The molecule has 0 atom stereocenters. The van der Waals surface area contributed by atoms with Crippen molar-refractivity contribution in [3.63, 3.8) is 0 Å². The van der Waals surface area contributed by atoms with Gasteiger partial charge in [0.2, 0.25) is 0 Å². The van der Waals surface area contributed by atoms with E-state index in [-0.39, 0.29) is 0 Å². The number of rotatable bonds is 5. The highest BCUT2D eigenvalue weighted by atomic mass is 16.3. The summed E-state index contributed by atoms with van der Waals surface area (Å²) < 4.78 is 0. The van der Waals surface area contributed by atoms with E-state index in [4.69, 9.17) is 5.11 Å². The van der Waals surface area contributed by atoms with Gasteiger partial charge in [0, 0.05) is 12.1 Å². The first-order chi connectivity index (χ1) is 5.25. The van der Waals surface area contributed by atoms with Crippen molar-refractivity contribution in [1.29, 1.82) is 0 Å². The summed E-state index contributed by atoms with van der Waals surface area (Å²) in [4.78, 5) is 2.41. The highest BCUT2D eigenvalue weighted by Gasteiger charge is 2.44. The molecule has 2 nitrogen and oxygen atoms in total. The molecule has 0 unspecified atom stereocenters. The standard InChI is InChI=1S/C9H19NO/c1-3-7-10(2)9(4-5-9)6-8-11/h11H,3-8H2,1-2H3. The fraction of sp³-hybridized carbons (Fsp3) is 1.00. The minimum atomic E-state index is 0.341. The Morgan fingerprint density at radius 1 is 1.45 bits per heavy atom.